The second kappa shape index (κ2) is 9.41. The topological polar surface area (TPSA) is 26.3 Å². The molecule has 0 aromatic heterocycles. The highest BCUT2D eigenvalue weighted by molar-refractivity contribution is 5.65. The molecular weight excluding hydrogens is 224 g/mol. The number of hydrogen-bond donors (Lipinski definition) is 0. The highest BCUT2D eigenvalue weighted by Gasteiger charge is 2.24. The van der Waals surface area contributed by atoms with Crippen molar-refractivity contribution in [2.24, 2.45) is 11.8 Å². The lowest BCUT2D eigenvalue weighted by atomic mass is 9.73. The summed E-state index contributed by atoms with van der Waals surface area (Å²) in [6.07, 6.45) is 15.4. The largest absolute Gasteiger partial charge is 0.466 e. The minimum absolute atomic E-state index is 0.211. The zero-order chi connectivity index (χ0) is 13.2. The quantitative estimate of drug-likeness (QED) is 0.667. The van der Waals surface area contributed by atoms with Crippen molar-refractivity contribution in [1.29, 1.82) is 0 Å². The summed E-state index contributed by atoms with van der Waals surface area (Å²) in [6.45, 7) is 3.65. The van der Waals surface area contributed by atoms with Crippen LogP contribution in [0.15, 0.2) is 0 Å². The molecule has 0 amide bonds. The van der Waals surface area contributed by atoms with Gasteiger partial charge in [-0.15, -0.1) is 0 Å². The van der Waals surface area contributed by atoms with Gasteiger partial charge in [0.15, 0.2) is 0 Å². The minimum atomic E-state index is -0.211. The molecule has 2 saturated carbocycles. The van der Waals surface area contributed by atoms with Crippen molar-refractivity contribution in [2.75, 3.05) is 6.61 Å². The fourth-order valence-corrected chi connectivity index (χ4v) is 3.41. The molecule has 2 heteroatoms. The summed E-state index contributed by atoms with van der Waals surface area (Å²) in [6, 6.07) is 0. The van der Waals surface area contributed by atoms with Gasteiger partial charge in [-0.05, 0) is 18.8 Å². The van der Waals surface area contributed by atoms with Crippen LogP contribution in [-0.2, 0) is 9.53 Å². The first-order chi connectivity index (χ1) is 8.74. The first-order valence-electron chi connectivity index (χ1n) is 7.87. The van der Waals surface area contributed by atoms with Gasteiger partial charge in [-0.1, -0.05) is 64.2 Å². The predicted molar refractivity (Wildman–Crippen MR) is 75.5 cm³/mol. The van der Waals surface area contributed by atoms with E-state index in [4.69, 9.17) is 0 Å². The van der Waals surface area contributed by atoms with Gasteiger partial charge in [0.25, 0.3) is 0 Å². The second-order valence-electron chi connectivity index (χ2n) is 5.72. The summed E-state index contributed by atoms with van der Waals surface area (Å²) in [5, 5.41) is 0. The van der Waals surface area contributed by atoms with Gasteiger partial charge in [0, 0.05) is 6.92 Å². The Bertz CT molecular complexity index is 197. The molecule has 0 aliphatic heterocycles. The number of esters is 1. The molecule has 0 bridgehead atoms. The average molecular weight is 254 g/mol. The van der Waals surface area contributed by atoms with Crippen molar-refractivity contribution in [3.05, 3.63) is 0 Å². The van der Waals surface area contributed by atoms with Gasteiger partial charge in [-0.2, -0.15) is 0 Å². The van der Waals surface area contributed by atoms with E-state index < -0.39 is 0 Å². The van der Waals surface area contributed by atoms with Crippen molar-refractivity contribution >= 4 is 5.97 Å². The van der Waals surface area contributed by atoms with Gasteiger partial charge < -0.3 is 4.74 Å². The van der Waals surface area contributed by atoms with Gasteiger partial charge in [-0.3, -0.25) is 4.79 Å². The Morgan fingerprint density at radius 2 is 1.28 bits per heavy atom. The average Bonchev–Trinajstić information content (AvgIpc) is 2.41. The minimum Gasteiger partial charge on any atom is -0.466 e. The first kappa shape index (κ1) is 15.5. The Morgan fingerprint density at radius 3 is 1.50 bits per heavy atom. The van der Waals surface area contributed by atoms with Gasteiger partial charge in [0.2, 0.25) is 0 Å². The summed E-state index contributed by atoms with van der Waals surface area (Å²) < 4.78 is 4.40. The number of rotatable bonds is 2. The molecule has 0 atom stereocenters. The van der Waals surface area contributed by atoms with Gasteiger partial charge >= 0.3 is 5.97 Å². The molecule has 0 N–H and O–H groups in total. The van der Waals surface area contributed by atoms with Crippen molar-refractivity contribution in [1.82, 2.24) is 0 Å². The Labute approximate surface area is 112 Å². The van der Waals surface area contributed by atoms with Gasteiger partial charge in [0.1, 0.15) is 0 Å². The first-order valence-corrected chi connectivity index (χ1v) is 7.87. The molecule has 0 heterocycles. The van der Waals surface area contributed by atoms with E-state index in [0.29, 0.717) is 6.61 Å². The fourth-order valence-electron chi connectivity index (χ4n) is 3.41. The van der Waals surface area contributed by atoms with Crippen LogP contribution in [0.5, 0.6) is 0 Å². The molecule has 0 spiro atoms. The van der Waals surface area contributed by atoms with E-state index in [2.05, 4.69) is 4.74 Å². The Morgan fingerprint density at radius 1 is 0.889 bits per heavy atom. The standard InChI is InChI=1S/C12H22.C4H8O2/c1-3-7-11(8-4-1)12-9-5-2-6-10-12;1-3-6-4(2)5/h11-12H,1-10H2;3H2,1-2H3. The molecule has 2 aliphatic rings. The van der Waals surface area contributed by atoms with Crippen LogP contribution in [0, 0.1) is 11.8 Å². The van der Waals surface area contributed by atoms with Crippen molar-refractivity contribution in [3.63, 3.8) is 0 Å². The summed E-state index contributed by atoms with van der Waals surface area (Å²) in [4.78, 5) is 9.82. The molecule has 0 radical (unpaired) electrons. The molecule has 2 rings (SSSR count). The Kier molecular flexibility index (Phi) is 8.11. The van der Waals surface area contributed by atoms with Gasteiger partial charge in [0.05, 0.1) is 6.61 Å². The smallest absolute Gasteiger partial charge is 0.302 e. The molecule has 2 aliphatic carbocycles. The molecular formula is C16H30O2. The summed E-state index contributed by atoms with van der Waals surface area (Å²) in [5.41, 5.74) is 0. The second-order valence-corrected chi connectivity index (χ2v) is 5.72. The Balaban J connectivity index is 0.000000232. The lowest BCUT2D eigenvalue weighted by molar-refractivity contribution is -0.140. The van der Waals surface area contributed by atoms with E-state index in [1.54, 1.807) is 32.6 Å². The van der Waals surface area contributed by atoms with Crippen LogP contribution in [-0.4, -0.2) is 12.6 Å². The third-order valence-electron chi connectivity index (χ3n) is 4.31. The van der Waals surface area contributed by atoms with Crippen LogP contribution < -0.4 is 0 Å². The number of ether oxygens (including phenoxy) is 1. The zero-order valence-electron chi connectivity index (χ0n) is 12.2. The van der Waals surface area contributed by atoms with Crippen molar-refractivity contribution in [3.8, 4) is 0 Å². The molecule has 18 heavy (non-hydrogen) atoms. The van der Waals surface area contributed by atoms with Crippen LogP contribution >= 0.6 is 0 Å². The summed E-state index contributed by atoms with van der Waals surface area (Å²) >= 11 is 0. The van der Waals surface area contributed by atoms with Crippen molar-refractivity contribution < 1.29 is 9.53 Å². The molecule has 2 fully saturated rings. The van der Waals surface area contributed by atoms with E-state index in [0.717, 1.165) is 11.8 Å². The van der Waals surface area contributed by atoms with E-state index >= 15 is 0 Å². The molecule has 106 valence electrons. The molecule has 0 saturated heterocycles. The third kappa shape index (κ3) is 6.42. The normalized spacial score (nSPS) is 21.9. The lowest BCUT2D eigenvalue weighted by Crippen LogP contribution is -2.20. The third-order valence-corrected chi connectivity index (χ3v) is 4.31. The van der Waals surface area contributed by atoms with Gasteiger partial charge in [-0.25, -0.2) is 0 Å². The lowest BCUT2D eigenvalue weighted by Gasteiger charge is -2.32. The molecule has 0 unspecified atom stereocenters. The Hall–Kier alpha value is -0.530. The molecule has 2 nitrogen and oxygen atoms in total. The van der Waals surface area contributed by atoms with E-state index in [9.17, 15) is 4.79 Å². The number of carbonyl (C=O) groups excluding carboxylic acids is 1. The van der Waals surface area contributed by atoms with Crippen LogP contribution in [0.25, 0.3) is 0 Å². The maximum Gasteiger partial charge on any atom is 0.302 e. The van der Waals surface area contributed by atoms with Crippen LogP contribution in [0.4, 0.5) is 0 Å². The van der Waals surface area contributed by atoms with Crippen LogP contribution in [0.3, 0.4) is 0 Å². The van der Waals surface area contributed by atoms with E-state index in [1.165, 1.54) is 45.4 Å². The molecule has 0 aromatic carbocycles. The predicted octanol–water partition coefficient (Wildman–Crippen LogP) is 4.72. The van der Waals surface area contributed by atoms with Crippen LogP contribution in [0.1, 0.15) is 78.1 Å². The highest BCUT2D eigenvalue weighted by atomic mass is 16.5. The molecule has 0 aromatic rings. The zero-order valence-corrected chi connectivity index (χ0v) is 12.2. The maximum atomic E-state index is 9.82. The van der Waals surface area contributed by atoms with Crippen molar-refractivity contribution in [2.45, 2.75) is 78.1 Å². The summed E-state index contributed by atoms with van der Waals surface area (Å²) in [7, 11) is 0. The number of hydrogen-bond acceptors (Lipinski definition) is 2. The monoisotopic (exact) mass is 254 g/mol. The van der Waals surface area contributed by atoms with Crippen LogP contribution in [0.2, 0.25) is 0 Å². The fraction of sp³-hybridized carbons (Fsp3) is 0.938. The highest BCUT2D eigenvalue weighted by Crippen LogP contribution is 2.37. The summed E-state index contributed by atoms with van der Waals surface area (Å²) in [5.74, 6) is 2.07. The number of carbonyl (C=O) groups is 1. The SMILES string of the molecule is C1CCC(C2CCCCC2)CC1.CCOC(C)=O. The maximum absolute atomic E-state index is 9.82. The van der Waals surface area contributed by atoms with E-state index in [1.807, 2.05) is 0 Å². The van der Waals surface area contributed by atoms with E-state index in [-0.39, 0.29) is 5.97 Å².